The molecular formula is C45H33N5O. The molecule has 0 spiro atoms. The Morgan fingerprint density at radius 3 is 1.76 bits per heavy atom. The second-order valence-corrected chi connectivity index (χ2v) is 13.6. The number of rotatable bonds is 4. The van der Waals surface area contributed by atoms with Crippen LogP contribution in [0.15, 0.2) is 128 Å². The molecule has 5 heterocycles. The van der Waals surface area contributed by atoms with Crippen LogP contribution < -0.4 is 4.74 Å². The number of aromatic nitrogens is 5. The summed E-state index contributed by atoms with van der Waals surface area (Å²) in [6.45, 7) is 8.82. The van der Waals surface area contributed by atoms with Gasteiger partial charge in [-0.1, -0.05) is 36.4 Å². The number of imidazole rings is 2. The maximum atomic E-state index is 6.63. The SMILES string of the molecule is Cc1cccc(C)c1-c1cc(-c2c(C)cccc2C)c2c(c1)c1ccc(Oc3ccc4c5cnccc5n5ccnc5c4c3)cc1c1nccn12. The third kappa shape index (κ3) is 4.39. The van der Waals surface area contributed by atoms with Crippen molar-refractivity contribution in [3.8, 4) is 33.8 Å². The normalized spacial score (nSPS) is 11.9. The topological polar surface area (TPSA) is 56.7 Å². The van der Waals surface area contributed by atoms with Crippen molar-refractivity contribution < 1.29 is 4.74 Å². The number of nitrogens with zero attached hydrogens (tertiary/aromatic N) is 5. The van der Waals surface area contributed by atoms with E-state index in [4.69, 9.17) is 14.7 Å². The number of benzene rings is 5. The summed E-state index contributed by atoms with van der Waals surface area (Å²) in [4.78, 5) is 14.0. The fourth-order valence-electron chi connectivity index (χ4n) is 8.28. The van der Waals surface area contributed by atoms with E-state index in [-0.39, 0.29) is 0 Å². The lowest BCUT2D eigenvalue weighted by Crippen LogP contribution is -1.98. The van der Waals surface area contributed by atoms with Gasteiger partial charge in [-0.3, -0.25) is 13.8 Å². The Kier molecular flexibility index (Phi) is 6.33. The number of pyridine rings is 3. The average molecular weight is 660 g/mol. The molecule has 6 nitrogen and oxygen atoms in total. The summed E-state index contributed by atoms with van der Waals surface area (Å²) < 4.78 is 11.0. The molecule has 244 valence electrons. The van der Waals surface area contributed by atoms with E-state index in [0.717, 1.165) is 60.8 Å². The fraction of sp³-hybridized carbons (Fsp3) is 0.0889. The predicted molar refractivity (Wildman–Crippen MR) is 208 cm³/mol. The minimum atomic E-state index is 0.741. The molecule has 5 aromatic carbocycles. The Morgan fingerprint density at radius 2 is 1.10 bits per heavy atom. The summed E-state index contributed by atoms with van der Waals surface area (Å²) >= 11 is 0. The van der Waals surface area contributed by atoms with E-state index >= 15 is 0 Å². The van der Waals surface area contributed by atoms with Crippen molar-refractivity contribution >= 4 is 54.6 Å². The maximum Gasteiger partial charge on any atom is 0.145 e. The molecule has 0 atom stereocenters. The molecule has 0 saturated heterocycles. The Bertz CT molecular complexity index is 3020. The summed E-state index contributed by atoms with van der Waals surface area (Å²) in [7, 11) is 0. The van der Waals surface area contributed by atoms with E-state index in [0.29, 0.717) is 0 Å². The Hall–Kier alpha value is -6.53. The predicted octanol–water partition coefficient (Wildman–Crippen LogP) is 11.3. The Labute approximate surface area is 294 Å². The molecule has 0 fully saturated rings. The number of aryl methyl sites for hydroxylation is 4. The summed E-state index contributed by atoms with van der Waals surface area (Å²) in [6, 6.07) is 32.5. The van der Waals surface area contributed by atoms with Gasteiger partial charge < -0.3 is 4.74 Å². The van der Waals surface area contributed by atoms with Crippen molar-refractivity contribution in [3.63, 3.8) is 0 Å². The van der Waals surface area contributed by atoms with Crippen LogP contribution >= 0.6 is 0 Å². The first-order chi connectivity index (χ1) is 24.9. The van der Waals surface area contributed by atoms with Gasteiger partial charge in [0.05, 0.1) is 11.0 Å². The minimum Gasteiger partial charge on any atom is -0.457 e. The second-order valence-electron chi connectivity index (χ2n) is 13.6. The van der Waals surface area contributed by atoms with Gasteiger partial charge in [-0.2, -0.15) is 0 Å². The van der Waals surface area contributed by atoms with Gasteiger partial charge in [0.1, 0.15) is 22.8 Å². The number of hydrogen-bond donors (Lipinski definition) is 0. The van der Waals surface area contributed by atoms with Gasteiger partial charge in [-0.05, 0) is 132 Å². The molecular weight excluding hydrogens is 627 g/mol. The lowest BCUT2D eigenvalue weighted by Gasteiger charge is -2.20. The second kappa shape index (κ2) is 11.0. The molecule has 10 aromatic rings. The van der Waals surface area contributed by atoms with Gasteiger partial charge in [0.25, 0.3) is 0 Å². The maximum absolute atomic E-state index is 6.63. The first-order valence-corrected chi connectivity index (χ1v) is 17.2. The van der Waals surface area contributed by atoms with Crippen molar-refractivity contribution in [2.75, 3.05) is 0 Å². The van der Waals surface area contributed by atoms with Crippen LogP contribution in [0.5, 0.6) is 11.5 Å². The van der Waals surface area contributed by atoms with E-state index in [1.807, 2.05) is 43.1 Å². The highest BCUT2D eigenvalue weighted by atomic mass is 16.5. The van der Waals surface area contributed by atoms with Crippen molar-refractivity contribution in [2.24, 2.45) is 0 Å². The molecule has 0 aliphatic heterocycles. The molecule has 51 heavy (non-hydrogen) atoms. The standard InChI is InChI=1S/C45H33N5O/c1-26-7-5-8-27(2)41(26)30-21-35-33-13-11-31(51-32-12-14-34-37(24-32)44-47-17-19-49(44)40-15-16-46-25-39(34)40)23-36(33)45-48-18-20-50(45)43(35)38(22-30)42-28(3)9-6-10-29(42)4/h5-25H,1-4H3. The Balaban J connectivity index is 1.20. The van der Waals surface area contributed by atoms with E-state index < -0.39 is 0 Å². The first kappa shape index (κ1) is 29.4. The first-order valence-electron chi connectivity index (χ1n) is 17.2. The molecule has 0 aliphatic rings. The van der Waals surface area contributed by atoms with Crippen LogP contribution in [0, 0.1) is 27.7 Å². The van der Waals surface area contributed by atoms with Gasteiger partial charge in [0.2, 0.25) is 0 Å². The third-order valence-corrected chi connectivity index (χ3v) is 10.5. The van der Waals surface area contributed by atoms with Crippen LogP contribution in [0.3, 0.4) is 0 Å². The summed E-state index contributed by atoms with van der Waals surface area (Å²) in [5.41, 5.74) is 14.0. The molecule has 0 aliphatic carbocycles. The third-order valence-electron chi connectivity index (χ3n) is 10.5. The van der Waals surface area contributed by atoms with Gasteiger partial charge in [-0.25, -0.2) is 9.97 Å². The van der Waals surface area contributed by atoms with Crippen LogP contribution in [-0.4, -0.2) is 23.8 Å². The molecule has 0 bridgehead atoms. The van der Waals surface area contributed by atoms with Crippen LogP contribution in [0.25, 0.3) is 76.9 Å². The van der Waals surface area contributed by atoms with E-state index in [9.17, 15) is 0 Å². The number of fused-ring (bicyclic) bond motifs is 12. The number of hydrogen-bond acceptors (Lipinski definition) is 4. The highest BCUT2D eigenvalue weighted by Crippen LogP contribution is 2.43. The van der Waals surface area contributed by atoms with Crippen LogP contribution in [0.1, 0.15) is 22.3 Å². The molecule has 5 aromatic heterocycles. The zero-order chi connectivity index (χ0) is 34.4. The van der Waals surface area contributed by atoms with Gasteiger partial charge in [0, 0.05) is 64.3 Å². The molecule has 10 rings (SSSR count). The highest BCUT2D eigenvalue weighted by Gasteiger charge is 2.20. The molecule has 0 unspecified atom stereocenters. The lowest BCUT2D eigenvalue weighted by atomic mass is 9.87. The minimum absolute atomic E-state index is 0.741. The summed E-state index contributed by atoms with van der Waals surface area (Å²) in [5, 5.41) is 6.51. The summed E-state index contributed by atoms with van der Waals surface area (Å²) in [5.74, 6) is 1.48. The van der Waals surface area contributed by atoms with Crippen molar-refractivity contribution in [1.82, 2.24) is 23.8 Å². The monoisotopic (exact) mass is 659 g/mol. The van der Waals surface area contributed by atoms with Crippen LogP contribution in [-0.2, 0) is 0 Å². The van der Waals surface area contributed by atoms with Gasteiger partial charge >= 0.3 is 0 Å². The smallest absolute Gasteiger partial charge is 0.145 e. The van der Waals surface area contributed by atoms with E-state index in [1.165, 1.54) is 49.9 Å². The quantitative estimate of drug-likeness (QED) is 0.176. The number of ether oxygens (including phenoxy) is 1. The van der Waals surface area contributed by atoms with Gasteiger partial charge in [0.15, 0.2) is 0 Å². The van der Waals surface area contributed by atoms with Crippen molar-refractivity contribution in [1.29, 1.82) is 0 Å². The zero-order valence-electron chi connectivity index (χ0n) is 28.8. The highest BCUT2D eigenvalue weighted by molar-refractivity contribution is 6.17. The molecule has 0 N–H and O–H groups in total. The van der Waals surface area contributed by atoms with Crippen molar-refractivity contribution in [3.05, 3.63) is 150 Å². The Morgan fingerprint density at radius 1 is 0.510 bits per heavy atom. The van der Waals surface area contributed by atoms with Crippen LogP contribution in [0.4, 0.5) is 0 Å². The molecule has 0 amide bonds. The lowest BCUT2D eigenvalue weighted by molar-refractivity contribution is 0.484. The van der Waals surface area contributed by atoms with Crippen LogP contribution in [0.2, 0.25) is 0 Å². The summed E-state index contributed by atoms with van der Waals surface area (Å²) in [6.07, 6.45) is 11.5. The molecule has 6 heteroatoms. The van der Waals surface area contributed by atoms with E-state index in [1.54, 1.807) is 0 Å². The van der Waals surface area contributed by atoms with Gasteiger partial charge in [-0.15, -0.1) is 0 Å². The van der Waals surface area contributed by atoms with E-state index in [2.05, 4.69) is 127 Å². The largest absolute Gasteiger partial charge is 0.457 e. The van der Waals surface area contributed by atoms with Crippen molar-refractivity contribution in [2.45, 2.75) is 27.7 Å². The molecule has 0 radical (unpaired) electrons. The molecule has 0 saturated carbocycles. The fourth-order valence-corrected chi connectivity index (χ4v) is 8.28. The average Bonchev–Trinajstić information content (AvgIpc) is 3.83. The zero-order valence-corrected chi connectivity index (χ0v) is 28.8.